The van der Waals surface area contributed by atoms with Gasteiger partial charge < -0.3 is 0 Å². The molecule has 1 heterocycles. The van der Waals surface area contributed by atoms with E-state index in [4.69, 9.17) is 23.2 Å². The number of carbonyl (C=O) groups is 4. The van der Waals surface area contributed by atoms with Gasteiger partial charge in [-0.3, -0.25) is 19.2 Å². The molecule has 4 aliphatic rings. The van der Waals surface area contributed by atoms with Crippen molar-refractivity contribution in [1.29, 1.82) is 0 Å². The quantitative estimate of drug-likeness (QED) is 0.210. The van der Waals surface area contributed by atoms with Crippen molar-refractivity contribution in [3.63, 3.8) is 0 Å². The zero-order valence-electron chi connectivity index (χ0n) is 21.5. The highest BCUT2D eigenvalue weighted by Crippen LogP contribution is 2.61. The average Bonchev–Trinajstić information content (AvgIpc) is 3.27. The molecule has 1 aliphatic heterocycles. The fourth-order valence-corrected chi connectivity index (χ4v) is 7.06. The highest BCUT2D eigenvalue weighted by atomic mass is 35.5. The summed E-state index contributed by atoms with van der Waals surface area (Å²) in [5, 5.41) is 2.29. The number of imide groups is 1. The summed E-state index contributed by atoms with van der Waals surface area (Å²) in [6.07, 6.45) is 0. The third kappa shape index (κ3) is 3.85. The van der Waals surface area contributed by atoms with Crippen molar-refractivity contribution in [3.8, 4) is 0 Å². The Morgan fingerprint density at radius 2 is 1.12 bits per heavy atom. The summed E-state index contributed by atoms with van der Waals surface area (Å²) in [5.41, 5.74) is 4.53. The topological polar surface area (TPSA) is 74.8 Å². The lowest BCUT2D eigenvalue weighted by Gasteiger charge is -2.45. The van der Waals surface area contributed by atoms with E-state index in [0.717, 1.165) is 32.3 Å². The Balaban J connectivity index is 1.34. The molecule has 8 heteroatoms. The van der Waals surface area contributed by atoms with E-state index in [1.807, 2.05) is 48.5 Å². The molecule has 3 aliphatic carbocycles. The van der Waals surface area contributed by atoms with E-state index >= 15 is 0 Å². The summed E-state index contributed by atoms with van der Waals surface area (Å²) < 4.78 is 0. The Kier molecular flexibility index (Phi) is 6.07. The van der Waals surface area contributed by atoms with Gasteiger partial charge in [0.25, 0.3) is 17.7 Å². The molecule has 0 unspecified atom stereocenters. The number of hydrazine groups is 1. The molecule has 41 heavy (non-hydrogen) atoms. The first kappa shape index (κ1) is 25.7. The van der Waals surface area contributed by atoms with Crippen LogP contribution in [0.1, 0.15) is 54.8 Å². The van der Waals surface area contributed by atoms with Crippen LogP contribution in [0.3, 0.4) is 0 Å². The number of Topliss-reactive ketones (excluding diaryl/α,β-unsaturated/α-hetero) is 1. The van der Waals surface area contributed by atoms with Crippen molar-refractivity contribution in [2.75, 3.05) is 6.54 Å². The molecule has 4 aromatic carbocycles. The van der Waals surface area contributed by atoms with Gasteiger partial charge in [-0.2, -0.15) is 5.01 Å². The van der Waals surface area contributed by atoms with Crippen LogP contribution < -0.4 is 0 Å². The summed E-state index contributed by atoms with van der Waals surface area (Å²) in [6.45, 7) is -0.505. The molecule has 3 amide bonds. The molecule has 2 atom stereocenters. The molecule has 0 radical (unpaired) electrons. The number of benzene rings is 4. The molecule has 0 saturated carbocycles. The molecule has 0 N–H and O–H groups in total. The van der Waals surface area contributed by atoms with Crippen LogP contribution in [0.5, 0.6) is 0 Å². The number of halogens is 2. The van der Waals surface area contributed by atoms with Gasteiger partial charge in [0.1, 0.15) is 6.54 Å². The zero-order chi connectivity index (χ0) is 28.4. The van der Waals surface area contributed by atoms with E-state index in [-0.39, 0.29) is 27.4 Å². The zero-order valence-corrected chi connectivity index (χ0v) is 23.0. The van der Waals surface area contributed by atoms with E-state index in [0.29, 0.717) is 5.56 Å². The number of carbonyl (C=O) groups excluding carboxylic acids is 4. The molecule has 2 bridgehead atoms. The summed E-state index contributed by atoms with van der Waals surface area (Å²) >= 11 is 12.3. The Hall–Kier alpha value is -4.26. The molecule has 202 valence electrons. The smallest absolute Gasteiger partial charge is 0.273 e. The predicted octanol–water partition coefficient (Wildman–Crippen LogP) is 6.13. The largest absolute Gasteiger partial charge is 0.292 e. The lowest BCUT2D eigenvalue weighted by molar-refractivity contribution is -0.154. The standard InChI is InChI=1S/C33H22Cl2N2O4/c34-24-15-14-19(16-25(24)35)31(39)36(17-26(38)18-8-2-1-3-9-18)37-32(40)29-27-20-10-4-5-11-21(20)28(30(29)33(37)41)23-13-7-6-12-22(23)27/h1-16,27-30H,17H2/t27?,28?,29-,30-/m0/s1. The second-order valence-corrected chi connectivity index (χ2v) is 11.3. The molecule has 0 spiro atoms. The van der Waals surface area contributed by atoms with Gasteiger partial charge in [0, 0.05) is 23.0 Å². The first-order chi connectivity index (χ1) is 19.9. The number of amides is 3. The molecule has 0 aromatic heterocycles. The summed E-state index contributed by atoms with van der Waals surface area (Å²) in [7, 11) is 0. The second-order valence-electron chi connectivity index (χ2n) is 10.5. The van der Waals surface area contributed by atoms with E-state index in [2.05, 4.69) is 0 Å². The van der Waals surface area contributed by atoms with Crippen LogP contribution in [-0.4, -0.2) is 40.1 Å². The van der Waals surface area contributed by atoms with Crippen molar-refractivity contribution in [1.82, 2.24) is 10.0 Å². The normalized spacial score (nSPS) is 21.8. The number of ketones is 1. The minimum Gasteiger partial charge on any atom is -0.292 e. The maximum absolute atomic E-state index is 14.3. The van der Waals surface area contributed by atoms with Crippen LogP contribution in [0.25, 0.3) is 0 Å². The fraction of sp³-hybridized carbons (Fsp3) is 0.152. The maximum atomic E-state index is 14.3. The van der Waals surface area contributed by atoms with Crippen molar-refractivity contribution in [3.05, 3.63) is 140 Å². The van der Waals surface area contributed by atoms with Crippen LogP contribution in [0.4, 0.5) is 0 Å². The highest BCUT2D eigenvalue weighted by Gasteiger charge is 2.63. The minimum atomic E-state index is -0.701. The van der Waals surface area contributed by atoms with Gasteiger partial charge in [0.15, 0.2) is 5.78 Å². The minimum absolute atomic E-state index is 0.102. The summed E-state index contributed by atoms with van der Waals surface area (Å²) in [5.74, 6) is -4.18. The van der Waals surface area contributed by atoms with Gasteiger partial charge >= 0.3 is 0 Å². The highest BCUT2D eigenvalue weighted by molar-refractivity contribution is 6.42. The van der Waals surface area contributed by atoms with Crippen molar-refractivity contribution < 1.29 is 19.2 Å². The number of rotatable bonds is 5. The Morgan fingerprint density at radius 1 is 0.634 bits per heavy atom. The van der Waals surface area contributed by atoms with Crippen LogP contribution in [0.15, 0.2) is 97.1 Å². The van der Waals surface area contributed by atoms with Crippen molar-refractivity contribution in [2.45, 2.75) is 11.8 Å². The third-order valence-electron chi connectivity index (χ3n) is 8.46. The van der Waals surface area contributed by atoms with Crippen LogP contribution in [0, 0.1) is 11.8 Å². The van der Waals surface area contributed by atoms with Crippen molar-refractivity contribution in [2.24, 2.45) is 11.8 Å². The van der Waals surface area contributed by atoms with E-state index in [1.165, 1.54) is 18.2 Å². The van der Waals surface area contributed by atoms with Gasteiger partial charge in [-0.05, 0) is 40.5 Å². The Labute approximate surface area is 246 Å². The summed E-state index contributed by atoms with van der Waals surface area (Å²) in [4.78, 5) is 56.1. The van der Waals surface area contributed by atoms with Crippen LogP contribution >= 0.6 is 23.2 Å². The molecule has 4 aromatic rings. The number of hydrogen-bond donors (Lipinski definition) is 0. The van der Waals surface area contributed by atoms with Gasteiger partial charge in [-0.15, -0.1) is 0 Å². The lowest BCUT2D eigenvalue weighted by atomic mass is 9.55. The third-order valence-corrected chi connectivity index (χ3v) is 9.20. The predicted molar refractivity (Wildman–Crippen MR) is 154 cm³/mol. The molecule has 6 nitrogen and oxygen atoms in total. The van der Waals surface area contributed by atoms with Gasteiger partial charge in [0.2, 0.25) is 0 Å². The first-order valence-electron chi connectivity index (χ1n) is 13.3. The number of nitrogens with zero attached hydrogens (tertiary/aromatic N) is 2. The van der Waals surface area contributed by atoms with Crippen LogP contribution in [-0.2, 0) is 9.59 Å². The molecule has 8 rings (SSSR count). The fourth-order valence-electron chi connectivity index (χ4n) is 6.76. The van der Waals surface area contributed by atoms with Gasteiger partial charge in [-0.25, -0.2) is 5.01 Å². The SMILES string of the molecule is O=C(CN(C(=O)c1ccc(Cl)c(Cl)c1)N1C(=O)[C@H]2C3c4ccccc4C(c4ccccc43)[C@@H]2C1=O)c1ccccc1. The van der Waals surface area contributed by atoms with E-state index in [9.17, 15) is 19.2 Å². The first-order valence-corrected chi connectivity index (χ1v) is 14.0. The van der Waals surface area contributed by atoms with Crippen LogP contribution in [0.2, 0.25) is 10.0 Å². The molecular formula is C33H22Cl2N2O4. The van der Waals surface area contributed by atoms with Crippen molar-refractivity contribution >= 4 is 46.7 Å². The summed E-state index contributed by atoms with van der Waals surface area (Å²) in [6, 6.07) is 28.6. The van der Waals surface area contributed by atoms with E-state index in [1.54, 1.807) is 30.3 Å². The average molecular weight is 581 g/mol. The lowest BCUT2D eigenvalue weighted by Crippen LogP contribution is -2.52. The van der Waals surface area contributed by atoms with Gasteiger partial charge in [-0.1, -0.05) is 102 Å². The molecular weight excluding hydrogens is 559 g/mol. The number of hydrogen-bond acceptors (Lipinski definition) is 4. The van der Waals surface area contributed by atoms with E-state index < -0.39 is 41.9 Å². The monoisotopic (exact) mass is 580 g/mol. The second kappa shape index (κ2) is 9.68. The maximum Gasteiger partial charge on any atom is 0.273 e. The molecule has 1 saturated heterocycles. The van der Waals surface area contributed by atoms with Gasteiger partial charge in [0.05, 0.1) is 21.9 Å². The Bertz CT molecular complexity index is 1660. The molecule has 1 fully saturated rings. The Morgan fingerprint density at radius 3 is 1.61 bits per heavy atom.